The molecule has 1 N–H and O–H groups in total. The first-order valence-electron chi connectivity index (χ1n) is 7.37. The molecule has 0 radical (unpaired) electrons. The van der Waals surface area contributed by atoms with Gasteiger partial charge in [-0.2, -0.15) is 5.26 Å². The van der Waals surface area contributed by atoms with E-state index in [1.807, 2.05) is 6.07 Å². The van der Waals surface area contributed by atoms with E-state index in [0.717, 1.165) is 12.1 Å². The van der Waals surface area contributed by atoms with Gasteiger partial charge in [0.25, 0.3) is 0 Å². The van der Waals surface area contributed by atoms with Gasteiger partial charge in [-0.05, 0) is 37.1 Å². The van der Waals surface area contributed by atoms with Gasteiger partial charge in [-0.15, -0.1) is 0 Å². The van der Waals surface area contributed by atoms with Crippen LogP contribution in [-0.4, -0.2) is 19.5 Å². The molecule has 1 atom stereocenters. The number of fused-ring (bicyclic) bond motifs is 1. The van der Waals surface area contributed by atoms with Gasteiger partial charge in [0.1, 0.15) is 17.3 Å². The Hall–Kier alpha value is -2.50. The maximum absolute atomic E-state index is 13.5. The van der Waals surface area contributed by atoms with Gasteiger partial charge < -0.3 is 9.84 Å². The quantitative estimate of drug-likeness (QED) is 0.899. The monoisotopic (exact) mass is 365 g/mol. The van der Waals surface area contributed by atoms with Gasteiger partial charge in [0, 0.05) is 17.2 Å². The summed E-state index contributed by atoms with van der Waals surface area (Å²) in [6, 6.07) is 6.24. The predicted octanol–water partition coefficient (Wildman–Crippen LogP) is 3.17. The summed E-state index contributed by atoms with van der Waals surface area (Å²) in [5.41, 5.74) is 0.625. The van der Waals surface area contributed by atoms with Crippen molar-refractivity contribution in [1.29, 1.82) is 5.26 Å². The van der Waals surface area contributed by atoms with Gasteiger partial charge in [0.2, 0.25) is 9.84 Å². The second kappa shape index (κ2) is 6.43. The number of sulfone groups is 1. The van der Waals surface area contributed by atoms with Crippen molar-refractivity contribution in [3.8, 4) is 17.6 Å². The number of aliphatic hydroxyl groups is 1. The molecular formula is C17H13F2NO4S. The molecule has 0 saturated carbocycles. The van der Waals surface area contributed by atoms with Crippen molar-refractivity contribution in [1.82, 2.24) is 0 Å². The van der Waals surface area contributed by atoms with Gasteiger partial charge in [-0.3, -0.25) is 0 Å². The zero-order valence-electron chi connectivity index (χ0n) is 12.9. The molecule has 3 rings (SSSR count). The van der Waals surface area contributed by atoms with Crippen LogP contribution >= 0.6 is 0 Å². The second-order valence-electron chi connectivity index (χ2n) is 5.62. The Balaban J connectivity index is 2.08. The summed E-state index contributed by atoms with van der Waals surface area (Å²) in [6.45, 7) is 0. The number of hydrogen-bond donors (Lipinski definition) is 1. The lowest BCUT2D eigenvalue weighted by molar-refractivity contribution is 0.177. The summed E-state index contributed by atoms with van der Waals surface area (Å²) >= 11 is 0. The Morgan fingerprint density at radius 1 is 1.32 bits per heavy atom. The van der Waals surface area contributed by atoms with E-state index < -0.39 is 27.8 Å². The number of aliphatic hydroxyl groups excluding tert-OH is 1. The highest BCUT2D eigenvalue weighted by molar-refractivity contribution is 7.91. The molecular weight excluding hydrogens is 352 g/mol. The van der Waals surface area contributed by atoms with Gasteiger partial charge in [0.05, 0.1) is 22.6 Å². The first-order valence-corrected chi connectivity index (χ1v) is 9.02. The minimum Gasteiger partial charge on any atom is -0.457 e. The maximum atomic E-state index is 13.5. The number of ether oxygens (including phenoxy) is 1. The molecule has 0 fully saturated rings. The standard InChI is InChI=1S/C17H13F2NO4S/c18-9-25(22,23)16-4-3-15(13-1-2-14(21)17(13)16)24-12-6-10(8-20)5-11(19)7-12/h3-7,14,21H,1-2,9H2. The average molecular weight is 365 g/mol. The van der Waals surface area contributed by atoms with Crippen molar-refractivity contribution >= 4 is 9.84 Å². The smallest absolute Gasteiger partial charge is 0.207 e. The molecule has 0 heterocycles. The minimum absolute atomic E-state index is 0.0706. The molecule has 1 aliphatic rings. The molecule has 0 aliphatic heterocycles. The number of halogens is 2. The normalized spacial score (nSPS) is 16.3. The van der Waals surface area contributed by atoms with Gasteiger partial charge in [-0.25, -0.2) is 17.2 Å². The van der Waals surface area contributed by atoms with Crippen molar-refractivity contribution in [2.45, 2.75) is 23.8 Å². The Bertz CT molecular complexity index is 983. The molecule has 0 aromatic heterocycles. The van der Waals surface area contributed by atoms with Gasteiger partial charge in [-0.1, -0.05) is 0 Å². The van der Waals surface area contributed by atoms with Crippen LogP contribution < -0.4 is 4.74 Å². The number of nitriles is 1. The van der Waals surface area contributed by atoms with Crippen LogP contribution in [0.4, 0.5) is 8.78 Å². The summed E-state index contributed by atoms with van der Waals surface area (Å²) < 4.78 is 55.8. The van der Waals surface area contributed by atoms with E-state index in [1.165, 1.54) is 18.2 Å². The molecule has 8 heteroatoms. The zero-order valence-corrected chi connectivity index (χ0v) is 13.7. The SMILES string of the molecule is N#Cc1cc(F)cc(Oc2ccc(S(=O)(=O)CF)c3c2CCC3O)c1. The van der Waals surface area contributed by atoms with Gasteiger partial charge >= 0.3 is 0 Å². The highest BCUT2D eigenvalue weighted by Crippen LogP contribution is 2.42. The summed E-state index contributed by atoms with van der Waals surface area (Å²) in [7, 11) is -4.15. The molecule has 25 heavy (non-hydrogen) atoms. The number of benzene rings is 2. The van der Waals surface area contributed by atoms with Crippen molar-refractivity contribution < 1.29 is 27.0 Å². The average Bonchev–Trinajstić information content (AvgIpc) is 2.97. The van der Waals surface area contributed by atoms with Crippen LogP contribution in [0.3, 0.4) is 0 Å². The van der Waals surface area contributed by atoms with Crippen LogP contribution in [0.25, 0.3) is 0 Å². The van der Waals surface area contributed by atoms with Crippen molar-refractivity contribution in [3.63, 3.8) is 0 Å². The van der Waals surface area contributed by atoms with Crippen LogP contribution in [0.1, 0.15) is 29.2 Å². The van der Waals surface area contributed by atoms with Crippen LogP contribution in [-0.2, 0) is 16.3 Å². The van der Waals surface area contributed by atoms with E-state index in [0.29, 0.717) is 12.0 Å². The molecule has 5 nitrogen and oxygen atoms in total. The molecule has 2 aromatic carbocycles. The summed E-state index contributed by atoms with van der Waals surface area (Å²) in [6.07, 6.45) is -0.434. The number of nitrogens with zero attached hydrogens (tertiary/aromatic N) is 1. The molecule has 0 bridgehead atoms. The molecule has 0 amide bonds. The first-order chi connectivity index (χ1) is 11.9. The fourth-order valence-electron chi connectivity index (χ4n) is 2.91. The zero-order chi connectivity index (χ0) is 18.2. The Labute approximate surface area is 143 Å². The highest BCUT2D eigenvalue weighted by Gasteiger charge is 2.32. The van der Waals surface area contributed by atoms with Crippen molar-refractivity contribution in [2.75, 3.05) is 6.01 Å². The molecule has 1 unspecified atom stereocenters. The van der Waals surface area contributed by atoms with E-state index in [-0.39, 0.29) is 33.9 Å². The fraction of sp³-hybridized carbons (Fsp3) is 0.235. The Morgan fingerprint density at radius 3 is 2.76 bits per heavy atom. The van der Waals surface area contributed by atoms with E-state index >= 15 is 0 Å². The van der Waals surface area contributed by atoms with E-state index in [4.69, 9.17) is 10.00 Å². The summed E-state index contributed by atoms with van der Waals surface area (Å²) in [5, 5.41) is 19.0. The number of hydrogen-bond acceptors (Lipinski definition) is 5. The third-order valence-corrected chi connectivity index (χ3v) is 5.30. The largest absolute Gasteiger partial charge is 0.457 e. The lowest BCUT2D eigenvalue weighted by atomic mass is 10.1. The lowest BCUT2D eigenvalue weighted by Gasteiger charge is -2.15. The molecule has 0 saturated heterocycles. The molecule has 1 aliphatic carbocycles. The number of alkyl halides is 1. The van der Waals surface area contributed by atoms with Crippen LogP contribution in [0.15, 0.2) is 35.2 Å². The van der Waals surface area contributed by atoms with Crippen LogP contribution in [0, 0.1) is 17.1 Å². The Morgan fingerprint density at radius 2 is 2.08 bits per heavy atom. The minimum atomic E-state index is -4.15. The third kappa shape index (κ3) is 3.21. The maximum Gasteiger partial charge on any atom is 0.207 e. The number of rotatable bonds is 4. The molecule has 0 spiro atoms. The second-order valence-corrected chi connectivity index (χ2v) is 7.51. The van der Waals surface area contributed by atoms with E-state index in [2.05, 4.69) is 0 Å². The third-order valence-electron chi connectivity index (χ3n) is 3.98. The lowest BCUT2D eigenvalue weighted by Crippen LogP contribution is -2.09. The van der Waals surface area contributed by atoms with Crippen molar-refractivity contribution in [2.24, 2.45) is 0 Å². The summed E-state index contributed by atoms with van der Waals surface area (Å²) in [5.74, 6) is -0.345. The molecule has 130 valence electrons. The van der Waals surface area contributed by atoms with E-state index in [1.54, 1.807) is 0 Å². The fourth-order valence-corrected chi connectivity index (χ4v) is 3.90. The Kier molecular flexibility index (Phi) is 4.45. The van der Waals surface area contributed by atoms with Gasteiger partial charge in [0.15, 0.2) is 6.01 Å². The van der Waals surface area contributed by atoms with Crippen LogP contribution in [0.5, 0.6) is 11.5 Å². The molecule has 2 aromatic rings. The summed E-state index contributed by atoms with van der Waals surface area (Å²) in [4.78, 5) is -0.265. The van der Waals surface area contributed by atoms with Crippen LogP contribution in [0.2, 0.25) is 0 Å². The first kappa shape index (κ1) is 17.3. The van der Waals surface area contributed by atoms with Crippen molar-refractivity contribution in [3.05, 3.63) is 52.8 Å². The topological polar surface area (TPSA) is 87.4 Å². The predicted molar refractivity (Wildman–Crippen MR) is 84.1 cm³/mol. The highest BCUT2D eigenvalue weighted by atomic mass is 32.2. The van der Waals surface area contributed by atoms with E-state index in [9.17, 15) is 22.3 Å².